The zero-order valence-corrected chi connectivity index (χ0v) is 11.9. The summed E-state index contributed by atoms with van der Waals surface area (Å²) in [7, 11) is 0. The van der Waals surface area contributed by atoms with E-state index in [1.54, 1.807) is 6.20 Å². The molecular formula is C16H21N3. The van der Waals surface area contributed by atoms with E-state index in [0.29, 0.717) is 17.2 Å². The molecule has 100 valence electrons. The van der Waals surface area contributed by atoms with Crippen molar-refractivity contribution in [2.75, 3.05) is 5.32 Å². The van der Waals surface area contributed by atoms with Crippen LogP contribution >= 0.6 is 0 Å². The van der Waals surface area contributed by atoms with Crippen molar-refractivity contribution < 1.29 is 0 Å². The highest BCUT2D eigenvalue weighted by molar-refractivity contribution is 5.55. The van der Waals surface area contributed by atoms with Crippen molar-refractivity contribution >= 4 is 5.69 Å². The summed E-state index contributed by atoms with van der Waals surface area (Å²) in [6.07, 6.45) is 5.62. The van der Waals surface area contributed by atoms with Crippen molar-refractivity contribution in [1.29, 1.82) is 5.26 Å². The Labute approximate surface area is 115 Å². The average molecular weight is 255 g/mol. The minimum atomic E-state index is 0.287. The van der Waals surface area contributed by atoms with Crippen LogP contribution in [0.2, 0.25) is 0 Å². The Morgan fingerprint density at radius 1 is 1.42 bits per heavy atom. The van der Waals surface area contributed by atoms with E-state index >= 15 is 0 Å². The van der Waals surface area contributed by atoms with E-state index in [-0.39, 0.29) is 5.41 Å². The van der Waals surface area contributed by atoms with Gasteiger partial charge in [-0.05, 0) is 48.1 Å². The van der Waals surface area contributed by atoms with Crippen molar-refractivity contribution in [3.63, 3.8) is 0 Å². The Hall–Kier alpha value is -1.56. The molecule has 0 aromatic carbocycles. The Morgan fingerprint density at radius 2 is 2.21 bits per heavy atom. The molecule has 0 spiro atoms. The van der Waals surface area contributed by atoms with Crippen LogP contribution in [0.5, 0.6) is 0 Å². The highest BCUT2D eigenvalue weighted by Crippen LogP contribution is 2.63. The largest absolute Gasteiger partial charge is 0.379 e. The van der Waals surface area contributed by atoms with Crippen LogP contribution in [0.15, 0.2) is 18.3 Å². The number of hydrogen-bond acceptors (Lipinski definition) is 3. The van der Waals surface area contributed by atoms with Gasteiger partial charge in [-0.15, -0.1) is 0 Å². The van der Waals surface area contributed by atoms with Gasteiger partial charge in [0.15, 0.2) is 5.69 Å². The Morgan fingerprint density at radius 3 is 2.84 bits per heavy atom. The predicted molar refractivity (Wildman–Crippen MR) is 75.6 cm³/mol. The molecular weight excluding hydrogens is 234 g/mol. The van der Waals surface area contributed by atoms with E-state index in [1.165, 1.54) is 19.3 Å². The normalized spacial score (nSPS) is 35.1. The Balaban J connectivity index is 1.93. The van der Waals surface area contributed by atoms with Crippen molar-refractivity contribution in [2.45, 2.75) is 46.1 Å². The van der Waals surface area contributed by atoms with Gasteiger partial charge in [0, 0.05) is 12.2 Å². The molecule has 1 N–H and O–H groups in total. The SMILES string of the molecule is CC12CCC(C1)C(C)(C)C2Nc1cccnc1C#N. The van der Waals surface area contributed by atoms with E-state index < -0.39 is 0 Å². The molecule has 1 aromatic rings. The topological polar surface area (TPSA) is 48.7 Å². The van der Waals surface area contributed by atoms with Gasteiger partial charge in [0.2, 0.25) is 0 Å². The number of hydrogen-bond donors (Lipinski definition) is 1. The molecule has 0 saturated heterocycles. The molecule has 3 unspecified atom stereocenters. The fourth-order valence-corrected chi connectivity index (χ4v) is 4.43. The number of nitriles is 1. The maximum atomic E-state index is 9.17. The third-order valence-corrected chi connectivity index (χ3v) is 5.48. The first-order chi connectivity index (χ1) is 8.97. The average Bonchev–Trinajstić information content (AvgIpc) is 2.86. The highest BCUT2D eigenvalue weighted by Gasteiger charge is 2.59. The van der Waals surface area contributed by atoms with Gasteiger partial charge in [-0.1, -0.05) is 20.8 Å². The van der Waals surface area contributed by atoms with Crippen LogP contribution < -0.4 is 5.32 Å². The molecule has 3 rings (SSSR count). The van der Waals surface area contributed by atoms with Crippen molar-refractivity contribution in [3.8, 4) is 6.07 Å². The molecule has 2 aliphatic carbocycles. The minimum absolute atomic E-state index is 0.287. The van der Waals surface area contributed by atoms with E-state index in [4.69, 9.17) is 5.26 Å². The van der Waals surface area contributed by atoms with Gasteiger partial charge in [0.05, 0.1) is 5.69 Å². The van der Waals surface area contributed by atoms with Crippen LogP contribution in [0.3, 0.4) is 0 Å². The third kappa shape index (κ3) is 1.74. The lowest BCUT2D eigenvalue weighted by molar-refractivity contribution is 0.155. The second-order valence-corrected chi connectivity index (χ2v) is 7.00. The summed E-state index contributed by atoms with van der Waals surface area (Å²) in [4.78, 5) is 4.15. The molecule has 0 amide bonds. The van der Waals surface area contributed by atoms with Crippen LogP contribution in [0.25, 0.3) is 0 Å². The summed E-state index contributed by atoms with van der Waals surface area (Å²) < 4.78 is 0. The number of pyridine rings is 1. The molecule has 2 fully saturated rings. The number of nitrogens with zero attached hydrogens (tertiary/aromatic N) is 2. The lowest BCUT2D eigenvalue weighted by Crippen LogP contribution is -2.45. The number of nitrogens with one attached hydrogen (secondary N) is 1. The van der Waals surface area contributed by atoms with Crippen LogP contribution in [0.4, 0.5) is 5.69 Å². The van der Waals surface area contributed by atoms with Crippen molar-refractivity contribution in [1.82, 2.24) is 4.98 Å². The van der Waals surface area contributed by atoms with Crippen molar-refractivity contribution in [3.05, 3.63) is 24.0 Å². The number of anilines is 1. The molecule has 1 aromatic heterocycles. The Bertz CT molecular complexity index is 538. The zero-order valence-electron chi connectivity index (χ0n) is 11.9. The summed E-state index contributed by atoms with van der Waals surface area (Å²) in [6, 6.07) is 6.47. The van der Waals surface area contributed by atoms with Gasteiger partial charge in [0.1, 0.15) is 6.07 Å². The molecule has 0 aliphatic heterocycles. The van der Waals surface area contributed by atoms with E-state index in [0.717, 1.165) is 11.6 Å². The van der Waals surface area contributed by atoms with E-state index in [1.807, 2.05) is 12.1 Å². The molecule has 0 radical (unpaired) electrons. The lowest BCUT2D eigenvalue weighted by atomic mass is 9.68. The molecule has 19 heavy (non-hydrogen) atoms. The second kappa shape index (κ2) is 3.96. The smallest absolute Gasteiger partial charge is 0.163 e. The Kier molecular flexibility index (Phi) is 2.60. The molecule has 3 atom stereocenters. The van der Waals surface area contributed by atoms with E-state index in [9.17, 15) is 0 Å². The molecule has 2 bridgehead atoms. The maximum absolute atomic E-state index is 9.17. The lowest BCUT2D eigenvalue weighted by Gasteiger charge is -2.43. The first-order valence-corrected chi connectivity index (χ1v) is 7.09. The number of fused-ring (bicyclic) bond motifs is 2. The predicted octanol–water partition coefficient (Wildman–Crippen LogP) is 3.58. The second-order valence-electron chi connectivity index (χ2n) is 7.00. The molecule has 2 aliphatic rings. The van der Waals surface area contributed by atoms with Gasteiger partial charge in [-0.3, -0.25) is 0 Å². The van der Waals surface area contributed by atoms with Crippen LogP contribution in [0, 0.1) is 28.1 Å². The van der Waals surface area contributed by atoms with Crippen molar-refractivity contribution in [2.24, 2.45) is 16.7 Å². The summed E-state index contributed by atoms with van der Waals surface area (Å²) in [5.41, 5.74) is 2.04. The first kappa shape index (κ1) is 12.5. The molecule has 3 heteroatoms. The summed E-state index contributed by atoms with van der Waals surface area (Å²) in [6.45, 7) is 7.12. The third-order valence-electron chi connectivity index (χ3n) is 5.48. The quantitative estimate of drug-likeness (QED) is 0.878. The van der Waals surface area contributed by atoms with Gasteiger partial charge in [-0.25, -0.2) is 4.98 Å². The van der Waals surface area contributed by atoms with Gasteiger partial charge in [-0.2, -0.15) is 5.26 Å². The first-order valence-electron chi connectivity index (χ1n) is 7.09. The summed E-state index contributed by atoms with van der Waals surface area (Å²) in [5.74, 6) is 0.803. The van der Waals surface area contributed by atoms with Gasteiger partial charge in [0.25, 0.3) is 0 Å². The highest BCUT2D eigenvalue weighted by atomic mass is 15.0. The van der Waals surface area contributed by atoms with Crippen LogP contribution in [-0.2, 0) is 0 Å². The van der Waals surface area contributed by atoms with Gasteiger partial charge >= 0.3 is 0 Å². The monoisotopic (exact) mass is 255 g/mol. The zero-order chi connectivity index (χ0) is 13.7. The van der Waals surface area contributed by atoms with E-state index in [2.05, 4.69) is 37.1 Å². The molecule has 3 nitrogen and oxygen atoms in total. The van der Waals surface area contributed by atoms with Gasteiger partial charge < -0.3 is 5.32 Å². The fourth-order valence-electron chi connectivity index (χ4n) is 4.43. The molecule has 2 saturated carbocycles. The maximum Gasteiger partial charge on any atom is 0.163 e. The standard InChI is InChI=1S/C16H21N3/c1-15(2)11-6-7-16(3,9-11)14(15)19-12-5-4-8-18-13(12)10-17/h4-5,8,11,14,19H,6-7,9H2,1-3H3. The fraction of sp³-hybridized carbons (Fsp3) is 0.625. The molecule has 1 heterocycles. The number of aromatic nitrogens is 1. The van der Waals surface area contributed by atoms with Crippen LogP contribution in [-0.4, -0.2) is 11.0 Å². The number of rotatable bonds is 2. The summed E-state index contributed by atoms with van der Waals surface area (Å²) >= 11 is 0. The summed E-state index contributed by atoms with van der Waals surface area (Å²) in [5, 5.41) is 12.8. The van der Waals surface area contributed by atoms with Crippen LogP contribution in [0.1, 0.15) is 45.7 Å². The minimum Gasteiger partial charge on any atom is -0.379 e.